The number of hydrogen-bond acceptors (Lipinski definition) is 4. The van der Waals surface area contributed by atoms with E-state index >= 15 is 0 Å². The standard InChI is InChI=1S/C16H19N5/c1-11-7-16-19-10-15(13(3)21(16)20-11)12(2)18-9-14-5-4-6-17-8-14/h4-8,10,12,18H,9H2,1-3H3/t12-/m0/s1. The lowest BCUT2D eigenvalue weighted by molar-refractivity contribution is 0.564. The maximum absolute atomic E-state index is 4.49. The number of aromatic nitrogens is 4. The second-order valence-corrected chi connectivity index (χ2v) is 5.32. The van der Waals surface area contributed by atoms with Crippen LogP contribution >= 0.6 is 0 Å². The molecule has 3 aromatic rings. The molecule has 5 heteroatoms. The molecular formula is C16H19N5. The zero-order valence-electron chi connectivity index (χ0n) is 12.5. The molecule has 0 unspecified atom stereocenters. The molecule has 3 rings (SSSR count). The first-order valence-electron chi connectivity index (χ1n) is 7.09. The van der Waals surface area contributed by atoms with E-state index in [-0.39, 0.29) is 6.04 Å². The van der Waals surface area contributed by atoms with E-state index in [4.69, 9.17) is 0 Å². The number of fused-ring (bicyclic) bond motifs is 1. The number of nitrogens with zero attached hydrogens (tertiary/aromatic N) is 4. The normalized spacial score (nSPS) is 12.7. The zero-order valence-corrected chi connectivity index (χ0v) is 12.5. The van der Waals surface area contributed by atoms with E-state index in [1.54, 1.807) is 6.20 Å². The van der Waals surface area contributed by atoms with Gasteiger partial charge in [-0.2, -0.15) is 5.10 Å². The molecule has 5 nitrogen and oxygen atoms in total. The lowest BCUT2D eigenvalue weighted by Gasteiger charge is -2.16. The van der Waals surface area contributed by atoms with E-state index < -0.39 is 0 Å². The highest BCUT2D eigenvalue weighted by Gasteiger charge is 2.12. The van der Waals surface area contributed by atoms with Crippen LogP contribution in [-0.2, 0) is 6.54 Å². The maximum atomic E-state index is 4.49. The van der Waals surface area contributed by atoms with Gasteiger partial charge in [0, 0.05) is 48.5 Å². The summed E-state index contributed by atoms with van der Waals surface area (Å²) < 4.78 is 1.91. The van der Waals surface area contributed by atoms with Crippen LogP contribution in [0.4, 0.5) is 0 Å². The molecule has 0 saturated heterocycles. The van der Waals surface area contributed by atoms with Crippen molar-refractivity contribution in [2.45, 2.75) is 33.4 Å². The van der Waals surface area contributed by atoms with Crippen LogP contribution in [0.1, 0.15) is 35.5 Å². The second kappa shape index (κ2) is 5.61. The van der Waals surface area contributed by atoms with Gasteiger partial charge in [0.05, 0.1) is 5.69 Å². The minimum absolute atomic E-state index is 0.201. The van der Waals surface area contributed by atoms with Crippen LogP contribution in [0.5, 0.6) is 0 Å². The van der Waals surface area contributed by atoms with E-state index in [1.807, 2.05) is 36.0 Å². The van der Waals surface area contributed by atoms with Crippen LogP contribution in [0.25, 0.3) is 5.65 Å². The van der Waals surface area contributed by atoms with Gasteiger partial charge in [-0.3, -0.25) is 4.98 Å². The van der Waals surface area contributed by atoms with Crippen LogP contribution in [0, 0.1) is 13.8 Å². The Labute approximate surface area is 124 Å². The average molecular weight is 281 g/mol. The highest BCUT2D eigenvalue weighted by molar-refractivity contribution is 5.42. The third-order valence-corrected chi connectivity index (χ3v) is 3.69. The van der Waals surface area contributed by atoms with Crippen molar-refractivity contribution in [3.05, 3.63) is 59.3 Å². The summed E-state index contributed by atoms with van der Waals surface area (Å²) in [6.07, 6.45) is 5.60. The van der Waals surface area contributed by atoms with Crippen LogP contribution in [0.3, 0.4) is 0 Å². The smallest absolute Gasteiger partial charge is 0.155 e. The summed E-state index contributed by atoms with van der Waals surface area (Å²) in [5.74, 6) is 0. The van der Waals surface area contributed by atoms with Crippen LogP contribution in [0.15, 0.2) is 36.8 Å². The molecule has 3 heterocycles. The Balaban J connectivity index is 1.81. The molecular weight excluding hydrogens is 262 g/mol. The van der Waals surface area contributed by atoms with Gasteiger partial charge in [0.15, 0.2) is 5.65 Å². The minimum atomic E-state index is 0.201. The molecule has 0 aliphatic heterocycles. The average Bonchev–Trinajstić information content (AvgIpc) is 2.88. The second-order valence-electron chi connectivity index (χ2n) is 5.32. The molecule has 0 radical (unpaired) electrons. The Morgan fingerprint density at radius 2 is 2.14 bits per heavy atom. The molecule has 0 saturated carbocycles. The van der Waals surface area contributed by atoms with Gasteiger partial charge in [0.25, 0.3) is 0 Å². The highest BCUT2D eigenvalue weighted by atomic mass is 15.3. The quantitative estimate of drug-likeness (QED) is 0.798. The fraction of sp³-hybridized carbons (Fsp3) is 0.312. The molecule has 1 N–H and O–H groups in total. The van der Waals surface area contributed by atoms with Gasteiger partial charge in [-0.15, -0.1) is 0 Å². The molecule has 108 valence electrons. The van der Waals surface area contributed by atoms with Gasteiger partial charge in [0.2, 0.25) is 0 Å². The first kappa shape index (κ1) is 13.7. The van der Waals surface area contributed by atoms with Crippen molar-refractivity contribution in [2.75, 3.05) is 0 Å². The Morgan fingerprint density at radius 3 is 2.90 bits per heavy atom. The van der Waals surface area contributed by atoms with Crippen molar-refractivity contribution in [1.29, 1.82) is 0 Å². The van der Waals surface area contributed by atoms with Gasteiger partial charge in [-0.05, 0) is 32.4 Å². The van der Waals surface area contributed by atoms with Gasteiger partial charge < -0.3 is 5.32 Å². The molecule has 3 aromatic heterocycles. The molecule has 0 aliphatic rings. The van der Waals surface area contributed by atoms with Crippen molar-refractivity contribution < 1.29 is 0 Å². The van der Waals surface area contributed by atoms with Gasteiger partial charge in [-0.25, -0.2) is 9.50 Å². The summed E-state index contributed by atoms with van der Waals surface area (Å²) in [7, 11) is 0. The van der Waals surface area contributed by atoms with E-state index in [0.717, 1.165) is 29.1 Å². The van der Waals surface area contributed by atoms with Gasteiger partial charge in [-0.1, -0.05) is 6.07 Å². The Bertz CT molecular complexity index is 748. The summed E-state index contributed by atoms with van der Waals surface area (Å²) in [6.45, 7) is 6.99. The number of aryl methyl sites for hydroxylation is 2. The third kappa shape index (κ3) is 2.78. The first-order chi connectivity index (χ1) is 10.1. The van der Waals surface area contributed by atoms with Crippen LogP contribution < -0.4 is 5.32 Å². The van der Waals surface area contributed by atoms with Crippen molar-refractivity contribution in [1.82, 2.24) is 24.9 Å². The maximum Gasteiger partial charge on any atom is 0.155 e. The lowest BCUT2D eigenvalue weighted by atomic mass is 10.1. The van der Waals surface area contributed by atoms with Crippen molar-refractivity contribution >= 4 is 5.65 Å². The third-order valence-electron chi connectivity index (χ3n) is 3.69. The Hall–Kier alpha value is -2.27. The zero-order chi connectivity index (χ0) is 14.8. The van der Waals surface area contributed by atoms with Crippen LogP contribution in [-0.4, -0.2) is 19.6 Å². The predicted octanol–water partition coefficient (Wildman–Crippen LogP) is 2.59. The molecule has 0 aromatic carbocycles. The van der Waals surface area contributed by atoms with Crippen molar-refractivity contribution in [2.24, 2.45) is 0 Å². The molecule has 0 fully saturated rings. The molecule has 0 amide bonds. The molecule has 0 aliphatic carbocycles. The van der Waals surface area contributed by atoms with Crippen molar-refractivity contribution in [3.63, 3.8) is 0 Å². The topological polar surface area (TPSA) is 55.1 Å². The Kier molecular flexibility index (Phi) is 3.66. The largest absolute Gasteiger partial charge is 0.306 e. The number of rotatable bonds is 4. The number of pyridine rings is 1. The molecule has 1 atom stereocenters. The van der Waals surface area contributed by atoms with E-state index in [1.165, 1.54) is 5.56 Å². The van der Waals surface area contributed by atoms with E-state index in [9.17, 15) is 0 Å². The Morgan fingerprint density at radius 1 is 1.29 bits per heavy atom. The highest BCUT2D eigenvalue weighted by Crippen LogP contribution is 2.18. The summed E-state index contributed by atoms with van der Waals surface area (Å²) in [5.41, 5.74) is 5.34. The first-order valence-corrected chi connectivity index (χ1v) is 7.09. The summed E-state index contributed by atoms with van der Waals surface area (Å²) >= 11 is 0. The summed E-state index contributed by atoms with van der Waals surface area (Å²) in [4.78, 5) is 8.62. The summed E-state index contributed by atoms with van der Waals surface area (Å²) in [6, 6.07) is 6.21. The van der Waals surface area contributed by atoms with Gasteiger partial charge in [0.1, 0.15) is 0 Å². The molecule has 21 heavy (non-hydrogen) atoms. The lowest BCUT2D eigenvalue weighted by Crippen LogP contribution is -2.20. The van der Waals surface area contributed by atoms with E-state index in [2.05, 4.69) is 40.3 Å². The number of hydrogen-bond donors (Lipinski definition) is 1. The number of nitrogens with one attached hydrogen (secondary N) is 1. The fourth-order valence-electron chi connectivity index (χ4n) is 2.48. The van der Waals surface area contributed by atoms with Crippen LogP contribution in [0.2, 0.25) is 0 Å². The minimum Gasteiger partial charge on any atom is -0.306 e. The predicted molar refractivity (Wildman–Crippen MR) is 82.0 cm³/mol. The van der Waals surface area contributed by atoms with E-state index in [0.29, 0.717) is 0 Å². The van der Waals surface area contributed by atoms with Crippen molar-refractivity contribution in [3.8, 4) is 0 Å². The molecule has 0 bridgehead atoms. The fourth-order valence-corrected chi connectivity index (χ4v) is 2.48. The van der Waals surface area contributed by atoms with Gasteiger partial charge >= 0.3 is 0 Å². The monoisotopic (exact) mass is 281 g/mol. The molecule has 0 spiro atoms. The summed E-state index contributed by atoms with van der Waals surface area (Å²) in [5, 5.41) is 8.00. The SMILES string of the molecule is Cc1cc2ncc([C@H](C)NCc3cccnc3)c(C)n2n1.